The number of hydrogen-bond donors (Lipinski definition) is 0. The maximum Gasteiger partial charge on any atom is 0.410 e. The average Bonchev–Trinajstić information content (AvgIpc) is 2.14. The van der Waals surface area contributed by atoms with Crippen molar-refractivity contribution in [2.45, 2.75) is 46.3 Å². The molecule has 100 valence electrons. The third-order valence-electron chi connectivity index (χ3n) is 3.02. The Balaban J connectivity index is 2.70. The standard InChI is InChI=1S/C13H26N2O2/c1-10(2)11-9-14(6)7-8-15(11)12(16)17-13(3,4)5/h10-11H,7-9H2,1-6H3. The molecule has 0 saturated carbocycles. The molecule has 0 aromatic rings. The summed E-state index contributed by atoms with van der Waals surface area (Å²) in [6.45, 7) is 12.6. The molecular formula is C13H26N2O2. The lowest BCUT2D eigenvalue weighted by molar-refractivity contribution is -0.00599. The van der Waals surface area contributed by atoms with Crippen LogP contribution in [0, 0.1) is 5.92 Å². The highest BCUT2D eigenvalue weighted by atomic mass is 16.6. The molecule has 1 aliphatic heterocycles. The van der Waals surface area contributed by atoms with E-state index >= 15 is 0 Å². The number of likely N-dealkylation sites (N-methyl/N-ethyl adjacent to an activating group) is 1. The lowest BCUT2D eigenvalue weighted by Crippen LogP contribution is -2.56. The first kappa shape index (κ1) is 14.3. The molecule has 4 nitrogen and oxygen atoms in total. The van der Waals surface area contributed by atoms with Crippen LogP contribution < -0.4 is 0 Å². The number of amides is 1. The molecule has 4 heteroatoms. The Bertz CT molecular complexity index is 271. The molecule has 0 radical (unpaired) electrons. The molecule has 0 aromatic heterocycles. The smallest absolute Gasteiger partial charge is 0.410 e. The van der Waals surface area contributed by atoms with Crippen LogP contribution in [-0.2, 0) is 4.74 Å². The van der Waals surface area contributed by atoms with E-state index in [4.69, 9.17) is 4.74 Å². The largest absolute Gasteiger partial charge is 0.444 e. The summed E-state index contributed by atoms with van der Waals surface area (Å²) < 4.78 is 5.46. The summed E-state index contributed by atoms with van der Waals surface area (Å²) in [5.41, 5.74) is -0.415. The van der Waals surface area contributed by atoms with Gasteiger partial charge in [-0.25, -0.2) is 4.79 Å². The van der Waals surface area contributed by atoms with Crippen LogP contribution in [0.1, 0.15) is 34.6 Å². The van der Waals surface area contributed by atoms with Crippen LogP contribution in [-0.4, -0.2) is 54.2 Å². The zero-order chi connectivity index (χ0) is 13.2. The van der Waals surface area contributed by atoms with E-state index in [1.54, 1.807) is 0 Å². The first-order valence-corrected chi connectivity index (χ1v) is 6.39. The van der Waals surface area contributed by atoms with Crippen molar-refractivity contribution >= 4 is 6.09 Å². The van der Waals surface area contributed by atoms with Crippen molar-refractivity contribution in [1.29, 1.82) is 0 Å². The zero-order valence-electron chi connectivity index (χ0n) is 12.0. The Morgan fingerprint density at radius 2 is 1.88 bits per heavy atom. The summed E-state index contributed by atoms with van der Waals surface area (Å²) in [6.07, 6.45) is -0.177. The minimum atomic E-state index is -0.415. The summed E-state index contributed by atoms with van der Waals surface area (Å²) in [7, 11) is 2.10. The normalized spacial score (nSPS) is 23.0. The van der Waals surface area contributed by atoms with Crippen LogP contribution in [0.4, 0.5) is 4.79 Å². The number of carbonyl (C=O) groups excluding carboxylic acids is 1. The van der Waals surface area contributed by atoms with E-state index in [1.807, 2.05) is 25.7 Å². The predicted molar refractivity (Wildman–Crippen MR) is 69.1 cm³/mol. The van der Waals surface area contributed by atoms with Gasteiger partial charge in [-0.3, -0.25) is 0 Å². The molecule has 0 spiro atoms. The molecule has 1 aliphatic rings. The Labute approximate surface area is 105 Å². The van der Waals surface area contributed by atoms with Gasteiger partial charge < -0.3 is 14.5 Å². The molecule has 0 aliphatic carbocycles. The fourth-order valence-electron chi connectivity index (χ4n) is 2.07. The van der Waals surface area contributed by atoms with E-state index in [9.17, 15) is 4.79 Å². The third-order valence-corrected chi connectivity index (χ3v) is 3.02. The molecule has 0 aromatic carbocycles. The van der Waals surface area contributed by atoms with Gasteiger partial charge in [-0.1, -0.05) is 13.8 Å². The molecule has 17 heavy (non-hydrogen) atoms. The Hall–Kier alpha value is -0.770. The first-order valence-electron chi connectivity index (χ1n) is 6.39. The Kier molecular flexibility index (Phi) is 4.42. The fourth-order valence-corrected chi connectivity index (χ4v) is 2.07. The minimum Gasteiger partial charge on any atom is -0.444 e. The van der Waals surface area contributed by atoms with Gasteiger partial charge in [0.15, 0.2) is 0 Å². The quantitative estimate of drug-likeness (QED) is 0.706. The molecule has 1 heterocycles. The second kappa shape index (κ2) is 5.25. The molecule has 1 saturated heterocycles. The Morgan fingerprint density at radius 3 is 2.35 bits per heavy atom. The van der Waals surface area contributed by atoms with Gasteiger partial charge in [-0.15, -0.1) is 0 Å². The van der Waals surface area contributed by atoms with Gasteiger partial charge in [-0.05, 0) is 33.7 Å². The van der Waals surface area contributed by atoms with Crippen molar-refractivity contribution in [2.75, 3.05) is 26.7 Å². The van der Waals surface area contributed by atoms with Gasteiger partial charge in [0, 0.05) is 19.6 Å². The molecule has 0 N–H and O–H groups in total. The summed E-state index contributed by atoms with van der Waals surface area (Å²) >= 11 is 0. The zero-order valence-corrected chi connectivity index (χ0v) is 12.0. The van der Waals surface area contributed by atoms with E-state index in [0.29, 0.717) is 5.92 Å². The van der Waals surface area contributed by atoms with Crippen LogP contribution in [0.5, 0.6) is 0 Å². The SMILES string of the molecule is CC(C)C1CN(C)CCN1C(=O)OC(C)(C)C. The van der Waals surface area contributed by atoms with E-state index in [-0.39, 0.29) is 12.1 Å². The van der Waals surface area contributed by atoms with Crippen molar-refractivity contribution in [2.24, 2.45) is 5.92 Å². The van der Waals surface area contributed by atoms with Crippen LogP contribution >= 0.6 is 0 Å². The van der Waals surface area contributed by atoms with Crippen LogP contribution in [0.3, 0.4) is 0 Å². The number of piperazine rings is 1. The van der Waals surface area contributed by atoms with Crippen molar-refractivity contribution in [3.05, 3.63) is 0 Å². The van der Waals surface area contributed by atoms with Crippen LogP contribution in [0.25, 0.3) is 0 Å². The highest BCUT2D eigenvalue weighted by Crippen LogP contribution is 2.19. The predicted octanol–water partition coefficient (Wildman–Crippen LogP) is 2.19. The number of nitrogens with zero attached hydrogens (tertiary/aromatic N) is 2. The molecule has 1 unspecified atom stereocenters. The summed E-state index contributed by atoms with van der Waals surface area (Å²) in [4.78, 5) is 16.3. The number of carbonyl (C=O) groups is 1. The summed E-state index contributed by atoms with van der Waals surface area (Å²) in [6, 6.07) is 0.253. The molecule has 1 fully saturated rings. The topological polar surface area (TPSA) is 32.8 Å². The maximum atomic E-state index is 12.1. The molecule has 1 atom stereocenters. The van der Waals surface area contributed by atoms with Gasteiger partial charge in [0.2, 0.25) is 0 Å². The van der Waals surface area contributed by atoms with Crippen LogP contribution in [0.2, 0.25) is 0 Å². The number of hydrogen-bond acceptors (Lipinski definition) is 3. The van der Waals surface area contributed by atoms with Crippen molar-refractivity contribution in [3.8, 4) is 0 Å². The summed E-state index contributed by atoms with van der Waals surface area (Å²) in [5.74, 6) is 0.449. The first-order chi connectivity index (χ1) is 7.70. The van der Waals surface area contributed by atoms with Gasteiger partial charge >= 0.3 is 6.09 Å². The lowest BCUT2D eigenvalue weighted by atomic mass is 10.0. The van der Waals surface area contributed by atoms with E-state index < -0.39 is 5.60 Å². The fraction of sp³-hybridized carbons (Fsp3) is 0.923. The van der Waals surface area contributed by atoms with Crippen molar-refractivity contribution < 1.29 is 9.53 Å². The van der Waals surface area contributed by atoms with Gasteiger partial charge in [0.1, 0.15) is 5.60 Å². The van der Waals surface area contributed by atoms with Gasteiger partial charge in [0.05, 0.1) is 6.04 Å². The Morgan fingerprint density at radius 1 is 1.29 bits per heavy atom. The van der Waals surface area contributed by atoms with Crippen molar-refractivity contribution in [3.63, 3.8) is 0 Å². The van der Waals surface area contributed by atoms with E-state index in [0.717, 1.165) is 19.6 Å². The van der Waals surface area contributed by atoms with E-state index in [1.165, 1.54) is 0 Å². The number of rotatable bonds is 1. The molecule has 0 bridgehead atoms. The third kappa shape index (κ3) is 4.19. The molecular weight excluding hydrogens is 216 g/mol. The van der Waals surface area contributed by atoms with E-state index in [2.05, 4.69) is 25.8 Å². The highest BCUT2D eigenvalue weighted by Gasteiger charge is 2.33. The lowest BCUT2D eigenvalue weighted by Gasteiger charge is -2.42. The maximum absolute atomic E-state index is 12.1. The van der Waals surface area contributed by atoms with Gasteiger partial charge in [-0.2, -0.15) is 0 Å². The minimum absolute atomic E-state index is 0.177. The van der Waals surface area contributed by atoms with Gasteiger partial charge in [0.25, 0.3) is 0 Å². The summed E-state index contributed by atoms with van der Waals surface area (Å²) in [5, 5.41) is 0. The average molecular weight is 242 g/mol. The van der Waals surface area contributed by atoms with Crippen molar-refractivity contribution in [1.82, 2.24) is 9.80 Å². The number of ether oxygens (including phenoxy) is 1. The molecule has 1 rings (SSSR count). The monoisotopic (exact) mass is 242 g/mol. The molecule has 1 amide bonds. The second-order valence-electron chi connectivity index (χ2n) is 6.25. The van der Waals surface area contributed by atoms with Crippen LogP contribution in [0.15, 0.2) is 0 Å². The second-order valence-corrected chi connectivity index (χ2v) is 6.25. The highest BCUT2D eigenvalue weighted by molar-refractivity contribution is 5.68.